The van der Waals surface area contributed by atoms with E-state index in [-0.39, 0.29) is 17.0 Å². The van der Waals surface area contributed by atoms with Crippen LogP contribution >= 0.6 is 0 Å². The Bertz CT molecular complexity index is 1560. The van der Waals surface area contributed by atoms with Gasteiger partial charge in [-0.3, -0.25) is 9.36 Å². The third kappa shape index (κ3) is 3.56. The molecule has 0 unspecified atom stereocenters. The second-order valence-corrected chi connectivity index (χ2v) is 7.77. The van der Waals surface area contributed by atoms with E-state index >= 15 is 4.39 Å². The highest BCUT2D eigenvalue weighted by Crippen LogP contribution is 2.37. The zero-order valence-electron chi connectivity index (χ0n) is 17.9. The number of carbonyl (C=O) groups is 1. The van der Waals surface area contributed by atoms with Crippen molar-refractivity contribution in [2.75, 3.05) is 0 Å². The van der Waals surface area contributed by atoms with Gasteiger partial charge in [0.2, 0.25) is 5.91 Å². The largest absolute Gasteiger partial charge is 0.504 e. The Morgan fingerprint density at radius 1 is 1.00 bits per heavy atom. The molecule has 34 heavy (non-hydrogen) atoms. The lowest BCUT2D eigenvalue weighted by atomic mass is 9.97. The van der Waals surface area contributed by atoms with Crippen molar-refractivity contribution in [1.29, 1.82) is 0 Å². The first-order valence-corrected chi connectivity index (χ1v) is 10.5. The van der Waals surface area contributed by atoms with E-state index in [2.05, 4.69) is 9.97 Å². The van der Waals surface area contributed by atoms with Gasteiger partial charge in [0, 0.05) is 23.4 Å². The summed E-state index contributed by atoms with van der Waals surface area (Å²) in [6.07, 6.45) is 2.97. The highest BCUT2D eigenvalue weighted by Gasteiger charge is 2.19. The number of aromatic nitrogens is 3. The van der Waals surface area contributed by atoms with Crippen LogP contribution in [0, 0.1) is 5.82 Å². The molecule has 3 aromatic carbocycles. The molecule has 0 atom stereocenters. The molecule has 2 aromatic heterocycles. The number of hydrogen-bond acceptors (Lipinski definition) is 5. The van der Waals surface area contributed by atoms with Gasteiger partial charge in [0.1, 0.15) is 28.9 Å². The van der Waals surface area contributed by atoms with E-state index in [0.717, 1.165) is 11.1 Å². The molecule has 0 aliphatic rings. The van der Waals surface area contributed by atoms with Crippen molar-refractivity contribution in [2.45, 2.75) is 6.54 Å². The van der Waals surface area contributed by atoms with E-state index in [0.29, 0.717) is 34.4 Å². The number of hydrogen-bond donors (Lipinski definition) is 3. The number of imidazole rings is 1. The summed E-state index contributed by atoms with van der Waals surface area (Å²) in [5.41, 5.74) is 15.5. The van der Waals surface area contributed by atoms with Gasteiger partial charge >= 0.3 is 0 Å². The van der Waals surface area contributed by atoms with Crippen molar-refractivity contribution in [3.63, 3.8) is 0 Å². The summed E-state index contributed by atoms with van der Waals surface area (Å²) in [5, 5.41) is 11.1. The lowest BCUT2D eigenvalue weighted by molar-refractivity contribution is 0.1000. The summed E-state index contributed by atoms with van der Waals surface area (Å²) in [6.45, 7) is 0.333. The SMILES string of the molecule is NCc1ccccc1-c1ccc(-c2ncc3ncn(-c4cccc(C(N)=O)c4)c3c2O)c(F)c1. The van der Waals surface area contributed by atoms with Crippen molar-refractivity contribution < 1.29 is 14.3 Å². The summed E-state index contributed by atoms with van der Waals surface area (Å²) in [4.78, 5) is 20.1. The number of fused-ring (bicyclic) bond motifs is 1. The number of primary amides is 1. The number of nitrogens with zero attached hydrogens (tertiary/aromatic N) is 3. The molecule has 0 aliphatic carbocycles. The molecule has 5 N–H and O–H groups in total. The van der Waals surface area contributed by atoms with E-state index in [1.165, 1.54) is 18.6 Å². The Morgan fingerprint density at radius 3 is 2.59 bits per heavy atom. The number of carbonyl (C=O) groups excluding carboxylic acids is 1. The molecule has 5 aromatic rings. The van der Waals surface area contributed by atoms with Crippen molar-refractivity contribution in [2.24, 2.45) is 11.5 Å². The minimum absolute atomic E-state index is 0.0801. The van der Waals surface area contributed by atoms with E-state index in [1.54, 1.807) is 41.0 Å². The molecule has 2 heterocycles. The second kappa shape index (κ2) is 8.42. The van der Waals surface area contributed by atoms with Crippen LogP contribution in [0.2, 0.25) is 0 Å². The van der Waals surface area contributed by atoms with Crippen LogP contribution in [0.25, 0.3) is 39.1 Å². The smallest absolute Gasteiger partial charge is 0.248 e. The Kier molecular flexibility index (Phi) is 5.27. The average Bonchev–Trinajstić information content (AvgIpc) is 3.30. The number of amides is 1. The van der Waals surface area contributed by atoms with Gasteiger partial charge in [-0.2, -0.15) is 0 Å². The van der Waals surface area contributed by atoms with Crippen LogP contribution in [0.1, 0.15) is 15.9 Å². The predicted octanol–water partition coefficient (Wildman–Crippen LogP) is 4.16. The molecule has 1 amide bonds. The molecule has 0 aliphatic heterocycles. The third-order valence-electron chi connectivity index (χ3n) is 5.74. The summed E-state index contributed by atoms with van der Waals surface area (Å²) in [7, 11) is 0. The fourth-order valence-corrected chi connectivity index (χ4v) is 4.05. The number of rotatable bonds is 5. The molecular formula is C26H20FN5O2. The van der Waals surface area contributed by atoms with Gasteiger partial charge in [-0.1, -0.05) is 36.4 Å². The van der Waals surface area contributed by atoms with Gasteiger partial charge in [0.05, 0.1) is 6.20 Å². The number of pyridine rings is 1. The molecule has 0 spiro atoms. The van der Waals surface area contributed by atoms with Gasteiger partial charge in [-0.05, 0) is 47.0 Å². The fraction of sp³-hybridized carbons (Fsp3) is 0.0385. The molecule has 0 bridgehead atoms. The first-order chi connectivity index (χ1) is 16.5. The van der Waals surface area contributed by atoms with Gasteiger partial charge < -0.3 is 16.6 Å². The van der Waals surface area contributed by atoms with Crippen LogP contribution < -0.4 is 11.5 Å². The zero-order valence-corrected chi connectivity index (χ0v) is 17.9. The van der Waals surface area contributed by atoms with Crippen molar-refractivity contribution >= 4 is 16.9 Å². The third-order valence-corrected chi connectivity index (χ3v) is 5.74. The van der Waals surface area contributed by atoms with Crippen molar-refractivity contribution in [3.05, 3.63) is 96.2 Å². The highest BCUT2D eigenvalue weighted by molar-refractivity contribution is 5.94. The van der Waals surface area contributed by atoms with E-state index in [1.807, 2.05) is 24.3 Å². The van der Waals surface area contributed by atoms with Gasteiger partial charge in [-0.25, -0.2) is 14.4 Å². The summed E-state index contributed by atoms with van der Waals surface area (Å²) in [5.74, 6) is -1.34. The quantitative estimate of drug-likeness (QED) is 0.369. The Labute approximate surface area is 194 Å². The molecule has 0 fully saturated rings. The topological polar surface area (TPSA) is 120 Å². The number of aromatic hydroxyl groups is 1. The summed E-state index contributed by atoms with van der Waals surface area (Å²) in [6, 6.07) is 18.9. The molecule has 7 nitrogen and oxygen atoms in total. The molecule has 0 saturated heterocycles. The number of nitrogens with two attached hydrogens (primary N) is 2. The monoisotopic (exact) mass is 453 g/mol. The molecule has 5 rings (SSSR count). The van der Waals surface area contributed by atoms with Crippen LogP contribution in [0.5, 0.6) is 5.75 Å². The van der Waals surface area contributed by atoms with E-state index in [4.69, 9.17) is 11.5 Å². The minimum atomic E-state index is -0.573. The number of halogens is 1. The minimum Gasteiger partial charge on any atom is -0.504 e. The average molecular weight is 453 g/mol. The first kappa shape index (κ1) is 21.3. The van der Waals surface area contributed by atoms with Crippen molar-refractivity contribution in [1.82, 2.24) is 14.5 Å². The van der Waals surface area contributed by atoms with Crippen LogP contribution in [0.4, 0.5) is 4.39 Å². The van der Waals surface area contributed by atoms with Crippen LogP contribution in [-0.2, 0) is 6.54 Å². The van der Waals surface area contributed by atoms with E-state index < -0.39 is 11.7 Å². The first-order valence-electron chi connectivity index (χ1n) is 10.5. The molecule has 8 heteroatoms. The Balaban J connectivity index is 1.63. The highest BCUT2D eigenvalue weighted by atomic mass is 19.1. The fourth-order valence-electron chi connectivity index (χ4n) is 4.05. The van der Waals surface area contributed by atoms with Crippen LogP contribution in [-0.4, -0.2) is 25.5 Å². The maximum absolute atomic E-state index is 15.3. The Hall–Kier alpha value is -4.56. The van der Waals surface area contributed by atoms with Gasteiger partial charge in [-0.15, -0.1) is 0 Å². The number of benzene rings is 3. The Morgan fingerprint density at radius 2 is 1.82 bits per heavy atom. The zero-order chi connectivity index (χ0) is 23.8. The normalized spacial score (nSPS) is 11.1. The molecule has 0 radical (unpaired) electrons. The van der Waals surface area contributed by atoms with Crippen molar-refractivity contribution in [3.8, 4) is 33.8 Å². The van der Waals surface area contributed by atoms with Gasteiger partial charge in [0.25, 0.3) is 0 Å². The maximum Gasteiger partial charge on any atom is 0.248 e. The standard InChI is InChI=1S/C26H20FN5O2/c27-21-11-15(19-7-2-1-4-17(19)12-28)8-9-20(21)23-25(33)24-22(13-30-23)31-14-32(24)18-6-3-5-16(10-18)26(29)34/h1-11,13-14,33H,12,28H2,(H2,29,34). The second-order valence-electron chi connectivity index (χ2n) is 7.77. The molecular weight excluding hydrogens is 433 g/mol. The summed E-state index contributed by atoms with van der Waals surface area (Å²) >= 11 is 0. The summed E-state index contributed by atoms with van der Waals surface area (Å²) < 4.78 is 16.9. The maximum atomic E-state index is 15.3. The van der Waals surface area contributed by atoms with Gasteiger partial charge in [0.15, 0.2) is 5.75 Å². The van der Waals surface area contributed by atoms with Crippen LogP contribution in [0.3, 0.4) is 0 Å². The van der Waals surface area contributed by atoms with Crippen LogP contribution in [0.15, 0.2) is 79.3 Å². The van der Waals surface area contributed by atoms with E-state index in [9.17, 15) is 9.90 Å². The lowest BCUT2D eigenvalue weighted by Gasteiger charge is -2.12. The molecule has 0 saturated carbocycles. The predicted molar refractivity (Wildman–Crippen MR) is 128 cm³/mol. The molecule has 168 valence electrons. The lowest BCUT2D eigenvalue weighted by Crippen LogP contribution is -2.11.